The molecule has 1 aliphatic rings. The Hall–Kier alpha value is 0.0200. The molecule has 1 fully saturated rings. The van der Waals surface area contributed by atoms with E-state index >= 15 is 0 Å². The number of piperazine rings is 1. The van der Waals surface area contributed by atoms with Crippen molar-refractivity contribution in [3.8, 4) is 0 Å². The zero-order valence-corrected chi connectivity index (χ0v) is 15.2. The summed E-state index contributed by atoms with van der Waals surface area (Å²) in [5.74, 6) is 0. The van der Waals surface area contributed by atoms with Crippen LogP contribution in [0, 0.1) is 0 Å². The standard InChI is InChI=1S/C13H16Cl2F3N3.2ClH/c14-9-7-20-8-10(15)12(9)11(1-2-13(16,17)18)21-5-3-19-4-6-21;;/h7-8,11,19H,1-6H2;2*1H/t11-;;/m0../s1. The Labute approximate surface area is 155 Å². The summed E-state index contributed by atoms with van der Waals surface area (Å²) in [4.78, 5) is 5.86. The smallest absolute Gasteiger partial charge is 0.314 e. The van der Waals surface area contributed by atoms with Crippen molar-refractivity contribution in [2.45, 2.75) is 25.1 Å². The molecule has 0 bridgehead atoms. The molecule has 0 unspecified atom stereocenters. The number of alkyl halides is 3. The van der Waals surface area contributed by atoms with Crippen molar-refractivity contribution in [3.63, 3.8) is 0 Å². The number of pyridine rings is 1. The third kappa shape index (κ3) is 6.80. The highest BCUT2D eigenvalue weighted by Crippen LogP contribution is 2.38. The zero-order chi connectivity index (χ0) is 15.5. The van der Waals surface area contributed by atoms with E-state index < -0.39 is 18.6 Å². The molecule has 2 heterocycles. The average molecular weight is 415 g/mol. The Bertz CT molecular complexity index is 462. The molecule has 1 aromatic rings. The predicted octanol–water partition coefficient (Wildman–Crippen LogP) is 4.52. The fourth-order valence-electron chi connectivity index (χ4n) is 2.54. The molecule has 0 saturated carbocycles. The van der Waals surface area contributed by atoms with Crippen LogP contribution in [0.3, 0.4) is 0 Å². The third-order valence-corrected chi connectivity index (χ3v) is 4.12. The Morgan fingerprint density at radius 1 is 1.13 bits per heavy atom. The summed E-state index contributed by atoms with van der Waals surface area (Å²) >= 11 is 12.2. The van der Waals surface area contributed by atoms with E-state index in [4.69, 9.17) is 23.2 Å². The Morgan fingerprint density at radius 2 is 1.65 bits per heavy atom. The quantitative estimate of drug-likeness (QED) is 0.784. The molecule has 10 heteroatoms. The molecular weight excluding hydrogens is 397 g/mol. The summed E-state index contributed by atoms with van der Waals surface area (Å²) in [6, 6.07) is -0.447. The van der Waals surface area contributed by atoms with Crippen molar-refractivity contribution in [2.24, 2.45) is 0 Å². The first-order valence-electron chi connectivity index (χ1n) is 6.69. The maximum Gasteiger partial charge on any atom is 0.389 e. The molecule has 3 nitrogen and oxygen atoms in total. The monoisotopic (exact) mass is 413 g/mol. The lowest BCUT2D eigenvalue weighted by atomic mass is 10.00. The maximum atomic E-state index is 12.6. The van der Waals surface area contributed by atoms with Gasteiger partial charge in [-0.2, -0.15) is 13.2 Å². The lowest BCUT2D eigenvalue weighted by molar-refractivity contribution is -0.138. The SMILES string of the molecule is Cl.Cl.FC(F)(F)CC[C@@H](c1c(Cl)cncc1Cl)N1CCNCC1. The van der Waals surface area contributed by atoms with Gasteiger partial charge >= 0.3 is 6.18 Å². The first-order valence-corrected chi connectivity index (χ1v) is 7.44. The van der Waals surface area contributed by atoms with Crippen molar-refractivity contribution < 1.29 is 13.2 Å². The van der Waals surface area contributed by atoms with E-state index in [2.05, 4.69) is 10.3 Å². The van der Waals surface area contributed by atoms with Gasteiger partial charge in [0, 0.05) is 56.6 Å². The molecule has 0 aromatic carbocycles. The van der Waals surface area contributed by atoms with Gasteiger partial charge in [0.1, 0.15) is 0 Å². The maximum absolute atomic E-state index is 12.6. The summed E-state index contributed by atoms with van der Waals surface area (Å²) < 4.78 is 37.8. The molecule has 1 aromatic heterocycles. The van der Waals surface area contributed by atoms with E-state index in [0.717, 1.165) is 13.1 Å². The van der Waals surface area contributed by atoms with Gasteiger partial charge in [-0.1, -0.05) is 23.2 Å². The lowest BCUT2D eigenvalue weighted by Gasteiger charge is -2.36. The highest BCUT2D eigenvalue weighted by atomic mass is 35.5. The Morgan fingerprint density at radius 3 is 2.13 bits per heavy atom. The molecule has 134 valence electrons. The van der Waals surface area contributed by atoms with Gasteiger partial charge in [-0.05, 0) is 6.42 Å². The molecule has 1 aliphatic heterocycles. The number of nitrogens with one attached hydrogen (secondary N) is 1. The molecule has 2 rings (SSSR count). The average Bonchev–Trinajstić information content (AvgIpc) is 2.42. The van der Waals surface area contributed by atoms with Crippen molar-refractivity contribution in [3.05, 3.63) is 28.0 Å². The summed E-state index contributed by atoms with van der Waals surface area (Å²) in [6.45, 7) is 2.81. The van der Waals surface area contributed by atoms with Gasteiger partial charge in [0.2, 0.25) is 0 Å². The molecule has 1 atom stereocenters. The molecule has 1 saturated heterocycles. The van der Waals surface area contributed by atoms with E-state index in [1.165, 1.54) is 12.4 Å². The second kappa shape index (κ2) is 10.1. The number of rotatable bonds is 4. The van der Waals surface area contributed by atoms with Crippen molar-refractivity contribution in [1.82, 2.24) is 15.2 Å². The van der Waals surface area contributed by atoms with Gasteiger partial charge in [-0.25, -0.2) is 0 Å². The lowest BCUT2D eigenvalue weighted by Crippen LogP contribution is -2.45. The van der Waals surface area contributed by atoms with Crippen molar-refractivity contribution in [2.75, 3.05) is 26.2 Å². The van der Waals surface area contributed by atoms with E-state index in [1.807, 2.05) is 4.90 Å². The topological polar surface area (TPSA) is 28.2 Å². The number of halogens is 7. The number of aromatic nitrogens is 1. The molecular formula is C13H18Cl4F3N3. The highest BCUT2D eigenvalue weighted by Gasteiger charge is 2.33. The molecule has 0 spiro atoms. The fraction of sp³-hybridized carbons (Fsp3) is 0.615. The Kier molecular flexibility index (Phi) is 10.1. The van der Waals surface area contributed by atoms with Crippen LogP contribution in [0.1, 0.15) is 24.4 Å². The van der Waals surface area contributed by atoms with Crippen LogP contribution in [0.25, 0.3) is 0 Å². The summed E-state index contributed by atoms with van der Waals surface area (Å²) in [5, 5.41) is 3.81. The third-order valence-electron chi connectivity index (χ3n) is 3.52. The van der Waals surface area contributed by atoms with Crippen LogP contribution in [0.2, 0.25) is 10.0 Å². The molecule has 1 N–H and O–H groups in total. The minimum atomic E-state index is -4.20. The van der Waals surface area contributed by atoms with Gasteiger partial charge in [0.25, 0.3) is 0 Å². The van der Waals surface area contributed by atoms with Crippen LogP contribution in [0.5, 0.6) is 0 Å². The normalized spacial score (nSPS) is 17.1. The molecule has 0 aliphatic carbocycles. The minimum absolute atomic E-state index is 0. The van der Waals surface area contributed by atoms with Crippen LogP contribution in [0.4, 0.5) is 13.2 Å². The van der Waals surface area contributed by atoms with Crippen LogP contribution >= 0.6 is 48.0 Å². The van der Waals surface area contributed by atoms with E-state index in [0.29, 0.717) is 28.7 Å². The summed E-state index contributed by atoms with van der Waals surface area (Å²) in [5.41, 5.74) is 0.541. The summed E-state index contributed by atoms with van der Waals surface area (Å²) in [6.07, 6.45) is -2.28. The van der Waals surface area contributed by atoms with Gasteiger partial charge in [-0.3, -0.25) is 9.88 Å². The number of nitrogens with zero attached hydrogens (tertiary/aromatic N) is 2. The first kappa shape index (κ1) is 23.0. The molecule has 23 heavy (non-hydrogen) atoms. The van der Waals surface area contributed by atoms with Crippen LogP contribution in [-0.2, 0) is 0 Å². The largest absolute Gasteiger partial charge is 0.389 e. The minimum Gasteiger partial charge on any atom is -0.314 e. The van der Waals surface area contributed by atoms with Gasteiger partial charge in [-0.15, -0.1) is 24.8 Å². The zero-order valence-electron chi connectivity index (χ0n) is 12.1. The number of hydrogen-bond donors (Lipinski definition) is 1. The van der Waals surface area contributed by atoms with E-state index in [9.17, 15) is 13.2 Å². The van der Waals surface area contributed by atoms with Crippen LogP contribution in [0.15, 0.2) is 12.4 Å². The Balaban J connectivity index is 0.00000242. The fourth-order valence-corrected chi connectivity index (χ4v) is 3.16. The summed E-state index contributed by atoms with van der Waals surface area (Å²) in [7, 11) is 0. The van der Waals surface area contributed by atoms with Gasteiger partial charge in [0.05, 0.1) is 10.0 Å². The second-order valence-corrected chi connectivity index (χ2v) is 5.79. The highest BCUT2D eigenvalue weighted by molar-refractivity contribution is 6.35. The van der Waals surface area contributed by atoms with Crippen LogP contribution < -0.4 is 5.32 Å². The van der Waals surface area contributed by atoms with Gasteiger partial charge in [0.15, 0.2) is 0 Å². The second-order valence-electron chi connectivity index (χ2n) is 4.97. The number of hydrogen-bond acceptors (Lipinski definition) is 3. The van der Waals surface area contributed by atoms with Crippen molar-refractivity contribution in [1.29, 1.82) is 0 Å². The molecule has 0 radical (unpaired) electrons. The first-order chi connectivity index (χ1) is 9.88. The molecule has 0 amide bonds. The van der Waals surface area contributed by atoms with E-state index in [-0.39, 0.29) is 31.2 Å². The van der Waals surface area contributed by atoms with Crippen molar-refractivity contribution >= 4 is 48.0 Å². The van der Waals surface area contributed by atoms with E-state index in [1.54, 1.807) is 0 Å². The predicted molar refractivity (Wildman–Crippen MR) is 91.2 cm³/mol. The van der Waals surface area contributed by atoms with Crippen LogP contribution in [-0.4, -0.2) is 42.2 Å². The van der Waals surface area contributed by atoms with Gasteiger partial charge < -0.3 is 5.32 Å².